The number of hydrogen-bond donors (Lipinski definition) is 1. The van der Waals surface area contributed by atoms with Crippen LogP contribution in [-0.4, -0.2) is 22.6 Å². The summed E-state index contributed by atoms with van der Waals surface area (Å²) in [4.78, 5) is 15.8. The van der Waals surface area contributed by atoms with Crippen LogP contribution >= 0.6 is 24.2 Å². The monoisotopic (exact) mass is 270 g/mol. The molecule has 0 aliphatic carbocycles. The van der Waals surface area contributed by atoms with Crippen molar-refractivity contribution in [2.45, 2.75) is 11.8 Å². The molecular weight excluding hydrogens is 260 g/mol. The number of carbonyl (C=O) groups excluding carboxylic acids is 1. The van der Waals surface area contributed by atoms with Crippen LogP contribution < -0.4 is 0 Å². The molecule has 6 heteroatoms. The summed E-state index contributed by atoms with van der Waals surface area (Å²) in [6, 6.07) is 5.19. The molecule has 4 nitrogen and oxygen atoms in total. The Bertz CT molecular complexity index is 568. The van der Waals surface area contributed by atoms with Crippen molar-refractivity contribution in [2.24, 2.45) is 0 Å². The Morgan fingerprint density at radius 2 is 2.35 bits per heavy atom. The van der Waals surface area contributed by atoms with E-state index in [1.165, 1.54) is 7.11 Å². The van der Waals surface area contributed by atoms with Crippen LogP contribution in [0.15, 0.2) is 18.2 Å². The van der Waals surface area contributed by atoms with Crippen LogP contribution in [0.25, 0.3) is 11.0 Å². The summed E-state index contributed by atoms with van der Waals surface area (Å²) in [5.41, 5.74) is 2.12. The molecule has 0 radical (unpaired) electrons. The number of halogens is 1. The molecule has 90 valence electrons. The number of ether oxygens (including phenoxy) is 1. The molecule has 0 aliphatic rings. The van der Waals surface area contributed by atoms with Crippen molar-refractivity contribution >= 4 is 41.2 Å². The zero-order chi connectivity index (χ0) is 12.4. The van der Waals surface area contributed by atoms with Crippen LogP contribution in [0.5, 0.6) is 0 Å². The van der Waals surface area contributed by atoms with Crippen molar-refractivity contribution in [3.8, 4) is 0 Å². The van der Waals surface area contributed by atoms with Crippen LogP contribution in [-0.2, 0) is 16.5 Å². The van der Waals surface area contributed by atoms with E-state index < -0.39 is 0 Å². The molecule has 1 heterocycles. The third-order valence-corrected chi connectivity index (χ3v) is 3.03. The average Bonchev–Trinajstić information content (AvgIpc) is 2.74. The Labute approximate surface area is 109 Å². The van der Waals surface area contributed by atoms with Gasteiger partial charge in [0.25, 0.3) is 0 Å². The van der Waals surface area contributed by atoms with E-state index in [2.05, 4.69) is 22.3 Å². The number of aromatic nitrogens is 2. The first kappa shape index (κ1) is 12.3. The summed E-state index contributed by atoms with van der Waals surface area (Å²) in [6.45, 7) is 0. The largest absolute Gasteiger partial charge is 0.465 e. The molecule has 0 spiro atoms. The summed E-state index contributed by atoms with van der Waals surface area (Å²) < 4.78 is 6.54. The van der Waals surface area contributed by atoms with Crippen molar-refractivity contribution in [2.75, 3.05) is 7.11 Å². The number of nitrogens with zero attached hydrogens (tertiary/aromatic N) is 2. The lowest BCUT2D eigenvalue weighted by atomic mass is 10.2. The minimum Gasteiger partial charge on any atom is -0.465 e. The van der Waals surface area contributed by atoms with Gasteiger partial charge in [-0.3, -0.25) is 0 Å². The van der Waals surface area contributed by atoms with Gasteiger partial charge in [0.2, 0.25) is 0 Å². The van der Waals surface area contributed by atoms with Gasteiger partial charge in [0.15, 0.2) is 0 Å². The predicted molar refractivity (Wildman–Crippen MR) is 69.6 cm³/mol. The van der Waals surface area contributed by atoms with Crippen molar-refractivity contribution in [1.82, 2.24) is 9.55 Å². The molecule has 1 aromatic carbocycles. The number of fused-ring (bicyclic) bond motifs is 1. The van der Waals surface area contributed by atoms with E-state index in [0.29, 0.717) is 17.3 Å². The van der Waals surface area contributed by atoms with Crippen molar-refractivity contribution in [3.63, 3.8) is 0 Å². The molecular formula is C11H11ClN2O2S. The van der Waals surface area contributed by atoms with E-state index in [1.54, 1.807) is 18.2 Å². The summed E-state index contributed by atoms with van der Waals surface area (Å²) >= 11 is 10.0. The van der Waals surface area contributed by atoms with Crippen molar-refractivity contribution < 1.29 is 9.53 Å². The number of imidazole rings is 1. The zero-order valence-electron chi connectivity index (χ0n) is 9.18. The maximum atomic E-state index is 11.4. The Kier molecular flexibility index (Phi) is 3.59. The molecule has 2 rings (SSSR count). The number of methoxy groups -OCH3 is 1. The predicted octanol–water partition coefficient (Wildman–Crippen LogP) is 2.45. The molecule has 0 saturated heterocycles. The van der Waals surface area contributed by atoms with E-state index in [-0.39, 0.29) is 5.97 Å². The second kappa shape index (κ2) is 4.98. The molecule has 17 heavy (non-hydrogen) atoms. The molecule has 0 saturated carbocycles. The van der Waals surface area contributed by atoms with Crippen LogP contribution in [0.4, 0.5) is 0 Å². The molecule has 2 aromatic rings. The highest BCUT2D eigenvalue weighted by Gasteiger charge is 2.12. The van der Waals surface area contributed by atoms with Crippen LogP contribution in [0.2, 0.25) is 0 Å². The molecule has 0 amide bonds. The first-order valence-electron chi connectivity index (χ1n) is 4.95. The molecule has 0 fully saturated rings. The van der Waals surface area contributed by atoms with Gasteiger partial charge < -0.3 is 9.30 Å². The third-order valence-electron chi connectivity index (χ3n) is 2.51. The van der Waals surface area contributed by atoms with Gasteiger partial charge in [0.05, 0.1) is 35.5 Å². The Morgan fingerprint density at radius 3 is 2.94 bits per heavy atom. The molecule has 0 aliphatic heterocycles. The Hall–Kier alpha value is -1.20. The van der Waals surface area contributed by atoms with Gasteiger partial charge >= 0.3 is 5.97 Å². The second-order valence-electron chi connectivity index (χ2n) is 3.43. The van der Waals surface area contributed by atoms with Crippen LogP contribution in [0, 0.1) is 0 Å². The average molecular weight is 271 g/mol. The minimum atomic E-state index is -0.369. The summed E-state index contributed by atoms with van der Waals surface area (Å²) in [5, 5.41) is 0. The van der Waals surface area contributed by atoms with Crippen molar-refractivity contribution in [1.29, 1.82) is 0 Å². The molecule has 1 aromatic heterocycles. The first-order valence-corrected chi connectivity index (χ1v) is 6.12. The van der Waals surface area contributed by atoms with Gasteiger partial charge in [-0.05, 0) is 18.2 Å². The fourth-order valence-electron chi connectivity index (χ4n) is 1.68. The van der Waals surface area contributed by atoms with Crippen LogP contribution in [0.3, 0.4) is 0 Å². The molecule has 0 bridgehead atoms. The van der Waals surface area contributed by atoms with Gasteiger partial charge in [-0.1, -0.05) is 0 Å². The number of rotatable bonds is 3. The van der Waals surface area contributed by atoms with E-state index in [0.717, 1.165) is 16.9 Å². The fraction of sp³-hybridized carbons (Fsp3) is 0.273. The smallest absolute Gasteiger partial charge is 0.337 e. The second-order valence-corrected chi connectivity index (χ2v) is 3.98. The number of alkyl halides is 1. The topological polar surface area (TPSA) is 44.1 Å². The highest BCUT2D eigenvalue weighted by molar-refractivity contribution is 7.79. The molecule has 0 N–H and O–H groups in total. The number of thiol groups is 1. The lowest BCUT2D eigenvalue weighted by Gasteiger charge is -2.03. The fourth-order valence-corrected chi connectivity index (χ4v) is 2.20. The lowest BCUT2D eigenvalue weighted by Crippen LogP contribution is -2.02. The highest BCUT2D eigenvalue weighted by Crippen LogP contribution is 2.20. The summed E-state index contributed by atoms with van der Waals surface area (Å²) in [6.07, 6.45) is 0. The molecule has 0 unspecified atom stereocenters. The van der Waals surface area contributed by atoms with Gasteiger partial charge in [-0.2, -0.15) is 12.6 Å². The van der Waals surface area contributed by atoms with Crippen LogP contribution in [0.1, 0.15) is 16.2 Å². The Morgan fingerprint density at radius 1 is 1.59 bits per heavy atom. The van der Waals surface area contributed by atoms with E-state index in [9.17, 15) is 4.79 Å². The SMILES string of the molecule is COC(=O)c1ccc2nc(CCl)n(CS)c2c1. The van der Waals surface area contributed by atoms with E-state index in [1.807, 2.05) is 4.57 Å². The lowest BCUT2D eigenvalue weighted by molar-refractivity contribution is 0.0601. The Balaban J connectivity index is 2.62. The first-order chi connectivity index (χ1) is 8.21. The highest BCUT2D eigenvalue weighted by atomic mass is 35.5. The van der Waals surface area contributed by atoms with Gasteiger partial charge in [0, 0.05) is 0 Å². The van der Waals surface area contributed by atoms with Crippen molar-refractivity contribution in [3.05, 3.63) is 29.6 Å². The minimum absolute atomic E-state index is 0.308. The van der Waals surface area contributed by atoms with E-state index >= 15 is 0 Å². The number of benzene rings is 1. The standard InChI is InChI=1S/C11H11ClN2O2S/c1-16-11(15)7-2-3-8-9(4-7)14(6-17)10(5-12)13-8/h2-4,17H,5-6H2,1H3. The summed E-state index contributed by atoms with van der Waals surface area (Å²) in [7, 11) is 1.35. The van der Waals surface area contributed by atoms with E-state index in [4.69, 9.17) is 11.6 Å². The maximum Gasteiger partial charge on any atom is 0.337 e. The number of carbonyl (C=O) groups is 1. The number of esters is 1. The third kappa shape index (κ3) is 2.12. The number of hydrogen-bond acceptors (Lipinski definition) is 4. The zero-order valence-corrected chi connectivity index (χ0v) is 10.8. The molecule has 0 atom stereocenters. The normalized spacial score (nSPS) is 10.8. The quantitative estimate of drug-likeness (QED) is 0.529. The van der Waals surface area contributed by atoms with Gasteiger partial charge in [0.1, 0.15) is 5.82 Å². The van der Waals surface area contributed by atoms with Gasteiger partial charge in [-0.25, -0.2) is 9.78 Å². The summed E-state index contributed by atoms with van der Waals surface area (Å²) in [5.74, 6) is 1.14. The van der Waals surface area contributed by atoms with Gasteiger partial charge in [-0.15, -0.1) is 11.6 Å². The maximum absolute atomic E-state index is 11.4.